The van der Waals surface area contributed by atoms with Gasteiger partial charge in [-0.3, -0.25) is 4.79 Å². The first-order valence-corrected chi connectivity index (χ1v) is 3.90. The molecule has 66 valence electrons. The summed E-state index contributed by atoms with van der Waals surface area (Å²) in [7, 11) is 0. The highest BCUT2D eigenvalue weighted by Gasteiger charge is 2.01. The Hall–Kier alpha value is -1.84. The molecule has 2 rings (SSSR count). The lowest BCUT2D eigenvalue weighted by Gasteiger charge is -2.00. The highest BCUT2D eigenvalue weighted by atomic mass is 16.5. The molecule has 0 aliphatic heterocycles. The lowest BCUT2D eigenvalue weighted by atomic mass is 10.4. The number of carbonyl (C=O) groups excluding carboxylic acids is 1. The number of hydrogen-bond donors (Lipinski definition) is 0. The molecule has 0 aliphatic carbocycles. The van der Waals surface area contributed by atoms with Crippen LogP contribution in [0.2, 0.25) is 0 Å². The molecule has 0 unspecified atom stereocenters. The molecule has 0 aliphatic rings. The van der Waals surface area contributed by atoms with E-state index in [9.17, 15) is 4.79 Å². The van der Waals surface area contributed by atoms with Gasteiger partial charge in [-0.15, -0.1) is 0 Å². The number of nitrogens with zero attached hydrogens (tertiary/aromatic N) is 2. The summed E-state index contributed by atoms with van der Waals surface area (Å²) in [6.07, 6.45) is 4.16. The van der Waals surface area contributed by atoms with Crippen molar-refractivity contribution in [2.24, 2.45) is 0 Å². The van der Waals surface area contributed by atoms with Crippen LogP contribution in [-0.4, -0.2) is 16.0 Å². The van der Waals surface area contributed by atoms with Crippen LogP contribution in [0.3, 0.4) is 0 Å². The molecule has 0 bridgehead atoms. The van der Waals surface area contributed by atoms with Crippen LogP contribution in [0.1, 0.15) is 16.2 Å². The zero-order valence-electron chi connectivity index (χ0n) is 6.88. The van der Waals surface area contributed by atoms with Crippen LogP contribution in [0.25, 0.3) is 0 Å². The summed E-state index contributed by atoms with van der Waals surface area (Å²) in [6, 6.07) is 5.35. The van der Waals surface area contributed by atoms with E-state index in [1.165, 1.54) is 6.26 Å². The van der Waals surface area contributed by atoms with Crippen LogP contribution in [0.4, 0.5) is 0 Å². The summed E-state index contributed by atoms with van der Waals surface area (Å²) in [4.78, 5) is 10.6. The zero-order valence-corrected chi connectivity index (χ0v) is 6.88. The standard InChI is InChI=1S/C9H8N2O2/c12-7-9-2-1-4-11(9)6-8-3-5-13-10-8/h1-5,7H,6H2. The van der Waals surface area contributed by atoms with Crippen molar-refractivity contribution >= 4 is 6.29 Å². The molecule has 0 spiro atoms. The summed E-state index contributed by atoms with van der Waals surface area (Å²) in [6.45, 7) is 0.567. The normalized spacial score (nSPS) is 10.2. The lowest BCUT2D eigenvalue weighted by Crippen LogP contribution is -2.02. The molecule has 13 heavy (non-hydrogen) atoms. The van der Waals surface area contributed by atoms with Gasteiger partial charge in [0.2, 0.25) is 0 Å². The van der Waals surface area contributed by atoms with Crippen molar-refractivity contribution in [2.75, 3.05) is 0 Å². The van der Waals surface area contributed by atoms with Crippen LogP contribution in [0.15, 0.2) is 35.2 Å². The van der Waals surface area contributed by atoms with Crippen molar-refractivity contribution in [1.82, 2.24) is 9.72 Å². The second-order valence-corrected chi connectivity index (χ2v) is 2.67. The SMILES string of the molecule is O=Cc1cccn1Cc1ccon1. The molecule has 2 heterocycles. The molecule has 0 fully saturated rings. The smallest absolute Gasteiger partial charge is 0.166 e. The Kier molecular flexibility index (Phi) is 1.96. The number of aldehydes is 1. The molecule has 4 heteroatoms. The minimum atomic E-state index is 0.567. The number of aromatic nitrogens is 2. The van der Waals surface area contributed by atoms with Crippen LogP contribution in [0.5, 0.6) is 0 Å². The van der Waals surface area contributed by atoms with Crippen LogP contribution in [-0.2, 0) is 6.54 Å². The maximum absolute atomic E-state index is 10.6. The fourth-order valence-corrected chi connectivity index (χ4v) is 1.17. The lowest BCUT2D eigenvalue weighted by molar-refractivity contribution is 0.111. The topological polar surface area (TPSA) is 48.0 Å². The molecule has 4 nitrogen and oxygen atoms in total. The van der Waals surface area contributed by atoms with Crippen molar-refractivity contribution in [3.63, 3.8) is 0 Å². The Labute approximate surface area is 74.8 Å². The fraction of sp³-hybridized carbons (Fsp3) is 0.111. The second kappa shape index (κ2) is 3.26. The van der Waals surface area contributed by atoms with E-state index >= 15 is 0 Å². The average Bonchev–Trinajstić information content (AvgIpc) is 2.76. The zero-order chi connectivity index (χ0) is 9.10. The van der Waals surface area contributed by atoms with Gasteiger partial charge in [0.1, 0.15) is 12.0 Å². The Morgan fingerprint density at radius 1 is 1.54 bits per heavy atom. The maximum Gasteiger partial charge on any atom is 0.166 e. The Morgan fingerprint density at radius 3 is 3.15 bits per heavy atom. The van der Waals surface area contributed by atoms with Gasteiger partial charge in [-0.2, -0.15) is 0 Å². The molecule has 0 radical (unpaired) electrons. The van der Waals surface area contributed by atoms with Gasteiger partial charge in [0.25, 0.3) is 0 Å². The molecule has 2 aromatic rings. The summed E-state index contributed by atoms with van der Waals surface area (Å²) in [5.74, 6) is 0. The minimum Gasteiger partial charge on any atom is -0.364 e. The molecule has 0 aromatic carbocycles. The number of hydrogen-bond acceptors (Lipinski definition) is 3. The molecule has 0 atom stereocenters. The number of carbonyl (C=O) groups is 1. The van der Waals surface area contributed by atoms with E-state index in [-0.39, 0.29) is 0 Å². The van der Waals surface area contributed by atoms with Gasteiger partial charge in [0.05, 0.1) is 12.2 Å². The summed E-state index contributed by atoms with van der Waals surface area (Å²) in [5, 5.41) is 3.75. The van der Waals surface area contributed by atoms with E-state index in [0.717, 1.165) is 12.0 Å². The predicted octanol–water partition coefficient (Wildman–Crippen LogP) is 1.34. The third-order valence-electron chi connectivity index (χ3n) is 1.81. The first-order chi connectivity index (χ1) is 6.40. The van der Waals surface area contributed by atoms with Gasteiger partial charge in [0, 0.05) is 12.3 Å². The van der Waals surface area contributed by atoms with Gasteiger partial charge >= 0.3 is 0 Å². The van der Waals surface area contributed by atoms with Gasteiger partial charge < -0.3 is 9.09 Å². The van der Waals surface area contributed by atoms with Crippen molar-refractivity contribution in [3.8, 4) is 0 Å². The monoisotopic (exact) mass is 176 g/mol. The van der Waals surface area contributed by atoms with Crippen molar-refractivity contribution < 1.29 is 9.32 Å². The van der Waals surface area contributed by atoms with Crippen molar-refractivity contribution in [1.29, 1.82) is 0 Å². The van der Waals surface area contributed by atoms with Crippen LogP contribution >= 0.6 is 0 Å². The van der Waals surface area contributed by atoms with E-state index in [1.54, 1.807) is 12.1 Å². The third kappa shape index (κ3) is 1.51. The molecular formula is C9H8N2O2. The maximum atomic E-state index is 10.6. The molecular weight excluding hydrogens is 168 g/mol. The highest BCUT2D eigenvalue weighted by Crippen LogP contribution is 2.03. The Morgan fingerprint density at radius 2 is 2.46 bits per heavy atom. The van der Waals surface area contributed by atoms with Crippen molar-refractivity contribution in [3.05, 3.63) is 42.0 Å². The van der Waals surface area contributed by atoms with Gasteiger partial charge in [-0.25, -0.2) is 0 Å². The first-order valence-electron chi connectivity index (χ1n) is 3.90. The molecule has 0 amide bonds. The van der Waals surface area contributed by atoms with E-state index in [1.807, 2.05) is 16.8 Å². The molecule has 0 saturated heterocycles. The number of rotatable bonds is 3. The van der Waals surface area contributed by atoms with Crippen LogP contribution < -0.4 is 0 Å². The largest absolute Gasteiger partial charge is 0.364 e. The second-order valence-electron chi connectivity index (χ2n) is 2.67. The molecule has 2 aromatic heterocycles. The third-order valence-corrected chi connectivity index (χ3v) is 1.81. The van der Waals surface area contributed by atoms with E-state index < -0.39 is 0 Å². The van der Waals surface area contributed by atoms with Crippen LogP contribution in [0, 0.1) is 0 Å². The Bertz CT molecular complexity index is 389. The van der Waals surface area contributed by atoms with E-state index in [0.29, 0.717) is 12.2 Å². The molecule has 0 N–H and O–H groups in total. The van der Waals surface area contributed by atoms with E-state index in [4.69, 9.17) is 0 Å². The molecule has 0 saturated carbocycles. The van der Waals surface area contributed by atoms with Crippen molar-refractivity contribution in [2.45, 2.75) is 6.54 Å². The summed E-state index contributed by atoms with van der Waals surface area (Å²) < 4.78 is 6.50. The minimum absolute atomic E-state index is 0.567. The van der Waals surface area contributed by atoms with E-state index in [2.05, 4.69) is 9.68 Å². The first kappa shape index (κ1) is 7.79. The Balaban J connectivity index is 2.23. The highest BCUT2D eigenvalue weighted by molar-refractivity contribution is 5.72. The predicted molar refractivity (Wildman–Crippen MR) is 45.4 cm³/mol. The summed E-state index contributed by atoms with van der Waals surface area (Å²) >= 11 is 0. The quantitative estimate of drug-likeness (QED) is 0.663. The summed E-state index contributed by atoms with van der Waals surface area (Å²) in [5.41, 5.74) is 1.45. The fourth-order valence-electron chi connectivity index (χ4n) is 1.17. The van der Waals surface area contributed by atoms with Gasteiger partial charge in [-0.1, -0.05) is 5.16 Å². The average molecular weight is 176 g/mol. The van der Waals surface area contributed by atoms with Gasteiger partial charge in [0.15, 0.2) is 6.29 Å². The van der Waals surface area contributed by atoms with Gasteiger partial charge in [-0.05, 0) is 12.1 Å².